The molecule has 0 spiro atoms. The molecule has 1 heteroatoms. The minimum atomic E-state index is 0.424. The molecule has 0 saturated heterocycles. The lowest BCUT2D eigenvalue weighted by molar-refractivity contribution is -0.370. The van der Waals surface area contributed by atoms with Gasteiger partial charge in [-0.2, -0.15) is 0 Å². The summed E-state index contributed by atoms with van der Waals surface area (Å²) in [6.07, 6.45) is 0. The Labute approximate surface area is 90.6 Å². The predicted molar refractivity (Wildman–Crippen MR) is 62.5 cm³/mol. The molecule has 2 rings (SSSR count). The molecule has 0 fully saturated rings. The summed E-state index contributed by atoms with van der Waals surface area (Å²) in [5.74, 6) is 0.424. The number of benzene rings is 2. The molecule has 2 aromatic carbocycles. The highest BCUT2D eigenvalue weighted by molar-refractivity contribution is 5.32. The molecule has 0 bridgehead atoms. The van der Waals surface area contributed by atoms with Gasteiger partial charge in [0.1, 0.15) is 0 Å². The first kappa shape index (κ1) is 9.94. The predicted octanol–water partition coefficient (Wildman–Crippen LogP) is 2.06. The molecule has 1 nitrogen and oxygen atoms in total. The van der Waals surface area contributed by atoms with E-state index in [9.17, 15) is 0 Å². The van der Waals surface area contributed by atoms with Gasteiger partial charge in [0.05, 0.1) is 12.5 Å². The fourth-order valence-corrected chi connectivity index (χ4v) is 1.90. The van der Waals surface area contributed by atoms with Crippen molar-refractivity contribution in [1.29, 1.82) is 0 Å². The summed E-state index contributed by atoms with van der Waals surface area (Å²) in [7, 11) is 0. The van der Waals surface area contributed by atoms with Gasteiger partial charge < -0.3 is 5.73 Å². The highest BCUT2D eigenvalue weighted by Crippen LogP contribution is 2.22. The number of hydrogen-bond donors (Lipinski definition) is 1. The fourth-order valence-electron chi connectivity index (χ4n) is 1.90. The molecule has 0 saturated carbocycles. The van der Waals surface area contributed by atoms with Gasteiger partial charge in [0, 0.05) is 0 Å². The average Bonchev–Trinajstić information content (AvgIpc) is 2.33. The molecule has 0 aliphatic rings. The molecule has 15 heavy (non-hydrogen) atoms. The van der Waals surface area contributed by atoms with E-state index in [-0.39, 0.29) is 0 Å². The zero-order valence-corrected chi connectivity index (χ0v) is 8.77. The van der Waals surface area contributed by atoms with Gasteiger partial charge in [-0.25, -0.2) is 0 Å². The SMILES string of the molecule is [NH3+]CC(c1ccccc1)c1ccccc1. The van der Waals surface area contributed by atoms with Crippen LogP contribution < -0.4 is 5.73 Å². The Balaban J connectivity index is 2.34. The van der Waals surface area contributed by atoms with Gasteiger partial charge in [-0.05, 0) is 11.1 Å². The minimum absolute atomic E-state index is 0.424. The Morgan fingerprint density at radius 2 is 1.13 bits per heavy atom. The van der Waals surface area contributed by atoms with E-state index < -0.39 is 0 Å². The van der Waals surface area contributed by atoms with Gasteiger partial charge >= 0.3 is 0 Å². The summed E-state index contributed by atoms with van der Waals surface area (Å²) in [5.41, 5.74) is 6.73. The molecule has 0 radical (unpaired) electrons. The van der Waals surface area contributed by atoms with Crippen LogP contribution in [0, 0.1) is 0 Å². The molecule has 0 heterocycles. The topological polar surface area (TPSA) is 27.6 Å². The Bertz CT molecular complexity index is 355. The van der Waals surface area contributed by atoms with Crippen LogP contribution in [-0.2, 0) is 0 Å². The van der Waals surface area contributed by atoms with E-state index in [1.807, 2.05) is 0 Å². The Hall–Kier alpha value is -1.60. The molecule has 76 valence electrons. The van der Waals surface area contributed by atoms with Crippen molar-refractivity contribution in [2.24, 2.45) is 0 Å². The molecule has 0 aromatic heterocycles. The smallest absolute Gasteiger partial charge is 0.0850 e. The molecule has 2 aromatic rings. The zero-order valence-electron chi connectivity index (χ0n) is 8.77. The van der Waals surface area contributed by atoms with E-state index in [1.54, 1.807) is 0 Å². The van der Waals surface area contributed by atoms with Crippen LogP contribution in [-0.4, -0.2) is 6.54 Å². The van der Waals surface area contributed by atoms with Crippen LogP contribution >= 0.6 is 0 Å². The molecule has 0 amide bonds. The van der Waals surface area contributed by atoms with Gasteiger partial charge in [-0.15, -0.1) is 0 Å². The Morgan fingerprint density at radius 1 is 0.733 bits per heavy atom. The van der Waals surface area contributed by atoms with Crippen LogP contribution in [0.25, 0.3) is 0 Å². The summed E-state index contributed by atoms with van der Waals surface area (Å²) in [6.45, 7) is 0.897. The van der Waals surface area contributed by atoms with Gasteiger partial charge in [0.25, 0.3) is 0 Å². The Kier molecular flexibility index (Phi) is 3.15. The van der Waals surface area contributed by atoms with E-state index >= 15 is 0 Å². The molecule has 0 unspecified atom stereocenters. The molecule has 3 N–H and O–H groups in total. The van der Waals surface area contributed by atoms with Gasteiger partial charge in [-0.1, -0.05) is 60.7 Å². The van der Waals surface area contributed by atoms with Crippen LogP contribution in [0.5, 0.6) is 0 Å². The first-order chi connectivity index (χ1) is 7.42. The van der Waals surface area contributed by atoms with E-state index in [0.717, 1.165) is 6.54 Å². The maximum Gasteiger partial charge on any atom is 0.0850 e. The molecular formula is C14H16N+. The van der Waals surface area contributed by atoms with Crippen LogP contribution in [0.1, 0.15) is 17.0 Å². The van der Waals surface area contributed by atoms with Crippen LogP contribution in [0.4, 0.5) is 0 Å². The number of quaternary nitrogens is 1. The minimum Gasteiger partial charge on any atom is -0.357 e. The van der Waals surface area contributed by atoms with Gasteiger partial charge in [0.15, 0.2) is 0 Å². The number of hydrogen-bond acceptors (Lipinski definition) is 0. The normalized spacial score (nSPS) is 10.5. The number of rotatable bonds is 3. The van der Waals surface area contributed by atoms with Gasteiger partial charge in [-0.3, -0.25) is 0 Å². The van der Waals surface area contributed by atoms with Crippen molar-refractivity contribution in [1.82, 2.24) is 0 Å². The van der Waals surface area contributed by atoms with Crippen LogP contribution in [0.15, 0.2) is 60.7 Å². The third-order valence-electron chi connectivity index (χ3n) is 2.69. The lowest BCUT2D eigenvalue weighted by atomic mass is 9.92. The molecular weight excluding hydrogens is 182 g/mol. The van der Waals surface area contributed by atoms with E-state index in [0.29, 0.717) is 5.92 Å². The summed E-state index contributed by atoms with van der Waals surface area (Å²) in [4.78, 5) is 0. The summed E-state index contributed by atoms with van der Waals surface area (Å²) >= 11 is 0. The van der Waals surface area contributed by atoms with Crippen molar-refractivity contribution in [3.63, 3.8) is 0 Å². The first-order valence-electron chi connectivity index (χ1n) is 5.31. The fraction of sp³-hybridized carbons (Fsp3) is 0.143. The van der Waals surface area contributed by atoms with Crippen molar-refractivity contribution in [3.05, 3.63) is 71.8 Å². The third-order valence-corrected chi connectivity index (χ3v) is 2.69. The standard InChI is InChI=1S/C14H15N/c15-11-14(12-7-3-1-4-8-12)13-9-5-2-6-10-13/h1-10,14H,11,15H2/p+1. The van der Waals surface area contributed by atoms with Crippen molar-refractivity contribution in [2.45, 2.75) is 5.92 Å². The second-order valence-corrected chi connectivity index (χ2v) is 3.66. The van der Waals surface area contributed by atoms with E-state index in [4.69, 9.17) is 0 Å². The second kappa shape index (κ2) is 4.76. The van der Waals surface area contributed by atoms with Crippen molar-refractivity contribution >= 4 is 0 Å². The lowest BCUT2D eigenvalue weighted by Crippen LogP contribution is -2.53. The average molecular weight is 198 g/mol. The van der Waals surface area contributed by atoms with Crippen molar-refractivity contribution in [2.75, 3.05) is 6.54 Å². The van der Waals surface area contributed by atoms with E-state index in [2.05, 4.69) is 66.4 Å². The quantitative estimate of drug-likeness (QED) is 0.782. The van der Waals surface area contributed by atoms with Crippen LogP contribution in [0.2, 0.25) is 0 Å². The zero-order chi connectivity index (χ0) is 10.5. The molecule has 0 aliphatic carbocycles. The Morgan fingerprint density at radius 3 is 1.47 bits per heavy atom. The maximum absolute atomic E-state index is 4.04. The highest BCUT2D eigenvalue weighted by Gasteiger charge is 2.12. The largest absolute Gasteiger partial charge is 0.357 e. The highest BCUT2D eigenvalue weighted by atomic mass is 14.5. The summed E-state index contributed by atoms with van der Waals surface area (Å²) in [5, 5.41) is 0. The first-order valence-corrected chi connectivity index (χ1v) is 5.31. The van der Waals surface area contributed by atoms with Crippen molar-refractivity contribution < 1.29 is 5.73 Å². The molecule has 0 aliphatic heterocycles. The van der Waals surface area contributed by atoms with Gasteiger partial charge in [0.2, 0.25) is 0 Å². The third kappa shape index (κ3) is 2.25. The summed E-state index contributed by atoms with van der Waals surface area (Å²) in [6, 6.07) is 21.1. The lowest BCUT2D eigenvalue weighted by Gasteiger charge is -2.13. The van der Waals surface area contributed by atoms with E-state index in [1.165, 1.54) is 11.1 Å². The monoisotopic (exact) mass is 198 g/mol. The second-order valence-electron chi connectivity index (χ2n) is 3.66. The van der Waals surface area contributed by atoms with Crippen LogP contribution in [0.3, 0.4) is 0 Å². The summed E-state index contributed by atoms with van der Waals surface area (Å²) < 4.78 is 0. The molecule has 0 atom stereocenters. The maximum atomic E-state index is 4.04. The van der Waals surface area contributed by atoms with Crippen molar-refractivity contribution in [3.8, 4) is 0 Å².